The van der Waals surface area contributed by atoms with Crippen LogP contribution in [-0.2, 0) is 10.0 Å². The second kappa shape index (κ2) is 3.85. The highest BCUT2D eigenvalue weighted by molar-refractivity contribution is 7.88. The van der Waals surface area contributed by atoms with Crippen molar-refractivity contribution in [1.82, 2.24) is 9.21 Å². The third-order valence-corrected chi connectivity index (χ3v) is 3.32. The lowest BCUT2D eigenvalue weighted by atomic mass is 10.4. The molecule has 0 N–H and O–H groups in total. The van der Waals surface area contributed by atoms with Crippen molar-refractivity contribution < 1.29 is 17.2 Å². The first-order valence-corrected chi connectivity index (χ1v) is 5.73. The smallest absolute Gasteiger partial charge is 0.245 e. The van der Waals surface area contributed by atoms with Crippen molar-refractivity contribution in [3.63, 3.8) is 0 Å². The zero-order chi connectivity index (χ0) is 10.1. The molecule has 0 saturated carbocycles. The van der Waals surface area contributed by atoms with Crippen molar-refractivity contribution in [2.75, 3.05) is 32.4 Å². The van der Waals surface area contributed by atoms with E-state index in [-0.39, 0.29) is 26.2 Å². The van der Waals surface area contributed by atoms with E-state index in [1.165, 1.54) is 4.31 Å². The van der Waals surface area contributed by atoms with Crippen LogP contribution in [-0.4, -0.2) is 56.6 Å². The molecular formula is C6H12F2N2O2S. The van der Waals surface area contributed by atoms with Gasteiger partial charge in [-0.1, -0.05) is 0 Å². The molecule has 0 radical (unpaired) electrons. The van der Waals surface area contributed by atoms with Crippen LogP contribution in [0.2, 0.25) is 0 Å². The lowest BCUT2D eigenvalue weighted by molar-refractivity contribution is -0.0417. The van der Waals surface area contributed by atoms with Gasteiger partial charge in [0.2, 0.25) is 10.0 Å². The van der Waals surface area contributed by atoms with Gasteiger partial charge in [-0.05, 0) is 0 Å². The van der Waals surface area contributed by atoms with Gasteiger partial charge in [0.1, 0.15) is 0 Å². The van der Waals surface area contributed by atoms with Gasteiger partial charge in [-0.15, -0.1) is 0 Å². The quantitative estimate of drug-likeness (QED) is 0.597. The molecule has 1 aliphatic heterocycles. The van der Waals surface area contributed by atoms with Crippen molar-refractivity contribution >= 4 is 10.0 Å². The fourth-order valence-corrected chi connectivity index (χ4v) is 2.06. The SMILES string of the molecule is CS(=O)(=O)N1CCN(C(F)F)CC1. The van der Waals surface area contributed by atoms with Crippen molar-refractivity contribution in [2.24, 2.45) is 0 Å². The standard InChI is InChI=1S/C6H12F2N2O2S/c1-13(11,12)10-4-2-9(3-5-10)6(7)8/h6H,2-5H2,1H3. The summed E-state index contributed by atoms with van der Waals surface area (Å²) in [5, 5.41) is 0. The maximum absolute atomic E-state index is 12.1. The Bertz CT molecular complexity index is 260. The fourth-order valence-electron chi connectivity index (χ4n) is 1.23. The monoisotopic (exact) mass is 214 g/mol. The molecule has 0 atom stereocenters. The molecule has 78 valence electrons. The third kappa shape index (κ3) is 2.85. The first-order chi connectivity index (χ1) is 5.91. The van der Waals surface area contributed by atoms with Crippen LogP contribution >= 0.6 is 0 Å². The summed E-state index contributed by atoms with van der Waals surface area (Å²) in [5.74, 6) is 0. The Morgan fingerprint density at radius 1 is 1.15 bits per heavy atom. The summed E-state index contributed by atoms with van der Waals surface area (Å²) in [6.45, 7) is -1.97. The Morgan fingerprint density at radius 2 is 1.62 bits per heavy atom. The molecular weight excluding hydrogens is 202 g/mol. The summed E-state index contributed by atoms with van der Waals surface area (Å²) in [5.41, 5.74) is 0. The highest BCUT2D eigenvalue weighted by atomic mass is 32.2. The summed E-state index contributed by atoms with van der Waals surface area (Å²) >= 11 is 0. The number of nitrogens with zero attached hydrogens (tertiary/aromatic N) is 2. The van der Waals surface area contributed by atoms with E-state index in [1.54, 1.807) is 0 Å². The van der Waals surface area contributed by atoms with Gasteiger partial charge in [-0.25, -0.2) is 13.3 Å². The van der Waals surface area contributed by atoms with Gasteiger partial charge in [-0.3, -0.25) is 0 Å². The minimum Gasteiger partial charge on any atom is -0.245 e. The topological polar surface area (TPSA) is 40.6 Å². The zero-order valence-electron chi connectivity index (χ0n) is 7.28. The lowest BCUT2D eigenvalue weighted by Crippen LogP contribution is -2.49. The van der Waals surface area contributed by atoms with E-state index in [0.717, 1.165) is 11.2 Å². The van der Waals surface area contributed by atoms with Crippen molar-refractivity contribution in [3.05, 3.63) is 0 Å². The molecule has 4 nitrogen and oxygen atoms in total. The predicted octanol–water partition coefficient (Wildman–Crippen LogP) is -0.214. The summed E-state index contributed by atoms with van der Waals surface area (Å²) in [6, 6.07) is 0. The summed E-state index contributed by atoms with van der Waals surface area (Å²) < 4.78 is 47.4. The van der Waals surface area contributed by atoms with Crippen LogP contribution in [0.25, 0.3) is 0 Å². The van der Waals surface area contributed by atoms with Gasteiger partial charge >= 0.3 is 0 Å². The Hall–Kier alpha value is -0.270. The van der Waals surface area contributed by atoms with Crippen molar-refractivity contribution in [2.45, 2.75) is 6.55 Å². The van der Waals surface area contributed by atoms with E-state index in [0.29, 0.717) is 0 Å². The molecule has 0 amide bonds. The minimum absolute atomic E-state index is 0.102. The van der Waals surface area contributed by atoms with Crippen LogP contribution in [0.15, 0.2) is 0 Å². The van der Waals surface area contributed by atoms with Gasteiger partial charge in [0.25, 0.3) is 6.55 Å². The third-order valence-electron chi connectivity index (χ3n) is 2.02. The molecule has 0 aromatic rings. The first kappa shape index (κ1) is 10.8. The molecule has 0 bridgehead atoms. The highest BCUT2D eigenvalue weighted by Gasteiger charge is 2.26. The number of sulfonamides is 1. The molecule has 1 heterocycles. The molecule has 1 aliphatic rings. The van der Waals surface area contributed by atoms with E-state index in [9.17, 15) is 17.2 Å². The number of piperazine rings is 1. The van der Waals surface area contributed by atoms with Crippen LogP contribution in [0.3, 0.4) is 0 Å². The van der Waals surface area contributed by atoms with E-state index in [4.69, 9.17) is 0 Å². The summed E-state index contributed by atoms with van der Waals surface area (Å²) in [7, 11) is -3.21. The average molecular weight is 214 g/mol. The minimum atomic E-state index is -3.21. The van der Waals surface area contributed by atoms with E-state index in [1.807, 2.05) is 0 Å². The van der Waals surface area contributed by atoms with Crippen molar-refractivity contribution in [1.29, 1.82) is 0 Å². The van der Waals surface area contributed by atoms with Crippen LogP contribution in [0.1, 0.15) is 0 Å². The zero-order valence-corrected chi connectivity index (χ0v) is 8.10. The van der Waals surface area contributed by atoms with E-state index < -0.39 is 16.6 Å². The van der Waals surface area contributed by atoms with E-state index in [2.05, 4.69) is 0 Å². The Balaban J connectivity index is 2.49. The number of halogens is 2. The first-order valence-electron chi connectivity index (χ1n) is 3.88. The molecule has 1 saturated heterocycles. The van der Waals surface area contributed by atoms with Gasteiger partial charge in [-0.2, -0.15) is 13.1 Å². The second-order valence-electron chi connectivity index (χ2n) is 2.98. The fraction of sp³-hybridized carbons (Fsp3) is 1.00. The van der Waals surface area contributed by atoms with E-state index >= 15 is 0 Å². The van der Waals surface area contributed by atoms with Gasteiger partial charge in [0.05, 0.1) is 6.26 Å². The highest BCUT2D eigenvalue weighted by Crippen LogP contribution is 2.10. The molecule has 0 aromatic carbocycles. The molecule has 0 spiro atoms. The predicted molar refractivity (Wildman–Crippen MR) is 44.0 cm³/mol. The Morgan fingerprint density at radius 3 is 1.92 bits per heavy atom. The van der Waals surface area contributed by atoms with Gasteiger partial charge < -0.3 is 0 Å². The largest absolute Gasteiger partial charge is 0.294 e. The number of hydrogen-bond donors (Lipinski definition) is 0. The molecule has 0 aliphatic carbocycles. The summed E-state index contributed by atoms with van der Waals surface area (Å²) in [4.78, 5) is 0.960. The maximum Gasteiger partial charge on any atom is 0.294 e. The number of hydrogen-bond acceptors (Lipinski definition) is 3. The second-order valence-corrected chi connectivity index (χ2v) is 4.96. The van der Waals surface area contributed by atoms with Crippen LogP contribution in [0.5, 0.6) is 0 Å². The van der Waals surface area contributed by atoms with Crippen LogP contribution < -0.4 is 0 Å². The molecule has 0 aromatic heterocycles. The number of alkyl halides is 2. The molecule has 13 heavy (non-hydrogen) atoms. The Labute approximate surface area is 76.2 Å². The van der Waals surface area contributed by atoms with Gasteiger partial charge in [0.15, 0.2) is 0 Å². The molecule has 7 heteroatoms. The summed E-state index contributed by atoms with van der Waals surface area (Å²) in [6.07, 6.45) is 1.09. The van der Waals surface area contributed by atoms with Crippen molar-refractivity contribution in [3.8, 4) is 0 Å². The molecule has 1 rings (SSSR count). The van der Waals surface area contributed by atoms with Crippen LogP contribution in [0, 0.1) is 0 Å². The average Bonchev–Trinajstić information content (AvgIpc) is 2.03. The maximum atomic E-state index is 12.1. The van der Waals surface area contributed by atoms with Gasteiger partial charge in [0, 0.05) is 26.2 Å². The lowest BCUT2D eigenvalue weighted by Gasteiger charge is -2.32. The Kier molecular flexibility index (Phi) is 3.20. The molecule has 0 unspecified atom stereocenters. The number of rotatable bonds is 2. The van der Waals surface area contributed by atoms with Crippen LogP contribution in [0.4, 0.5) is 8.78 Å². The molecule has 1 fully saturated rings. The normalized spacial score (nSPS) is 22.5.